The number of nitrogens with two attached hydrogens (primary N) is 1. The smallest absolute Gasteiger partial charge is 0.127 e. The lowest BCUT2D eigenvalue weighted by Gasteiger charge is -2.43. The number of nitrogens with zero attached hydrogens (tertiary/aromatic N) is 1. The van der Waals surface area contributed by atoms with Crippen LogP contribution in [0.2, 0.25) is 0 Å². The van der Waals surface area contributed by atoms with Gasteiger partial charge >= 0.3 is 0 Å². The molecule has 1 aromatic heterocycles. The molecule has 3 atom stereocenters. The van der Waals surface area contributed by atoms with E-state index in [9.17, 15) is 0 Å². The van der Waals surface area contributed by atoms with Crippen molar-refractivity contribution < 1.29 is 0 Å². The van der Waals surface area contributed by atoms with Crippen LogP contribution in [0, 0.1) is 23.7 Å². The van der Waals surface area contributed by atoms with Crippen molar-refractivity contribution in [3.05, 3.63) is 23.4 Å². The van der Waals surface area contributed by atoms with Gasteiger partial charge in [0.25, 0.3) is 0 Å². The third kappa shape index (κ3) is 2.33. The number of fused-ring (bicyclic) bond motifs is 2. The van der Waals surface area contributed by atoms with Crippen LogP contribution in [0.5, 0.6) is 0 Å². The zero-order chi connectivity index (χ0) is 15.4. The van der Waals surface area contributed by atoms with E-state index in [-0.39, 0.29) is 0 Å². The molecule has 0 spiro atoms. The second kappa shape index (κ2) is 4.67. The Bertz CT molecular complexity index is 591. The summed E-state index contributed by atoms with van der Waals surface area (Å²) in [5.41, 5.74) is 8.31. The Labute approximate surface area is 132 Å². The predicted molar refractivity (Wildman–Crippen MR) is 91.5 cm³/mol. The summed E-state index contributed by atoms with van der Waals surface area (Å²) >= 11 is 5.11. The molecule has 3 N–H and O–H groups in total. The Balaban J connectivity index is 1.92. The molecule has 21 heavy (non-hydrogen) atoms. The molecule has 0 aromatic carbocycles. The van der Waals surface area contributed by atoms with Crippen molar-refractivity contribution in [3.63, 3.8) is 0 Å². The Morgan fingerprint density at radius 2 is 2.10 bits per heavy atom. The van der Waals surface area contributed by atoms with Crippen LogP contribution in [0.4, 0.5) is 5.82 Å². The number of aromatic nitrogens is 1. The number of nitrogens with one attached hydrogen (secondary N) is 1. The molecular formula is C17H25N3S. The zero-order valence-electron chi connectivity index (χ0n) is 13.4. The number of hydrogen-bond donors (Lipinski definition) is 2. The minimum Gasteiger partial charge on any atom is -0.389 e. The van der Waals surface area contributed by atoms with Gasteiger partial charge in [-0.15, -0.1) is 0 Å². The van der Waals surface area contributed by atoms with Crippen molar-refractivity contribution in [2.75, 3.05) is 5.32 Å². The van der Waals surface area contributed by atoms with Crippen molar-refractivity contribution in [3.8, 4) is 0 Å². The van der Waals surface area contributed by atoms with Gasteiger partial charge in [0.1, 0.15) is 10.8 Å². The summed E-state index contributed by atoms with van der Waals surface area (Å²) in [6, 6.07) is 4.39. The Morgan fingerprint density at radius 1 is 1.38 bits per heavy atom. The summed E-state index contributed by atoms with van der Waals surface area (Å²) in [4.78, 5) is 5.07. The third-order valence-electron chi connectivity index (χ3n) is 5.80. The van der Waals surface area contributed by atoms with Crippen LogP contribution in [0.15, 0.2) is 12.1 Å². The van der Waals surface area contributed by atoms with E-state index < -0.39 is 0 Å². The first kappa shape index (κ1) is 14.8. The highest BCUT2D eigenvalue weighted by molar-refractivity contribution is 7.80. The lowest BCUT2D eigenvalue weighted by Crippen LogP contribution is -2.46. The van der Waals surface area contributed by atoms with Crippen molar-refractivity contribution in [2.45, 2.75) is 53.0 Å². The van der Waals surface area contributed by atoms with E-state index >= 15 is 0 Å². The fraction of sp³-hybridized carbons (Fsp3) is 0.647. The number of rotatable bonds is 3. The Hall–Kier alpha value is -1.16. The second-order valence-corrected chi connectivity index (χ2v) is 8.18. The van der Waals surface area contributed by atoms with Gasteiger partial charge in [0.05, 0.1) is 0 Å². The maximum Gasteiger partial charge on any atom is 0.127 e. The summed E-state index contributed by atoms with van der Waals surface area (Å²) < 4.78 is 0. The SMILES string of the molecule is Cc1cc(C(N)=S)cc(NC2C3(C)CCC(C3)C2(C)C)n1. The number of hydrogen-bond acceptors (Lipinski definition) is 3. The maximum atomic E-state index is 5.78. The van der Waals surface area contributed by atoms with E-state index in [1.807, 2.05) is 19.1 Å². The fourth-order valence-electron chi connectivity index (χ4n) is 4.69. The number of aryl methyl sites for hydroxylation is 1. The zero-order valence-corrected chi connectivity index (χ0v) is 14.2. The molecule has 3 unspecified atom stereocenters. The topological polar surface area (TPSA) is 50.9 Å². The molecule has 2 saturated carbocycles. The summed E-state index contributed by atoms with van der Waals surface area (Å²) in [5, 5.41) is 3.71. The molecule has 2 aliphatic carbocycles. The highest BCUT2D eigenvalue weighted by atomic mass is 32.1. The molecule has 0 amide bonds. The Morgan fingerprint density at radius 3 is 2.67 bits per heavy atom. The van der Waals surface area contributed by atoms with Gasteiger partial charge in [0.2, 0.25) is 0 Å². The standard InChI is InChI=1S/C17H25N3S/c1-10-7-11(14(18)21)8-13(19-10)20-15-16(2,3)12-5-6-17(15,4)9-12/h7-8,12,15H,5-6,9H2,1-4H3,(H2,18,21)(H,19,20). The molecule has 2 fully saturated rings. The van der Waals surface area contributed by atoms with Gasteiger partial charge in [-0.25, -0.2) is 4.98 Å². The highest BCUT2D eigenvalue weighted by Gasteiger charge is 2.59. The van der Waals surface area contributed by atoms with E-state index in [0.717, 1.165) is 23.0 Å². The quantitative estimate of drug-likeness (QED) is 0.837. The highest BCUT2D eigenvalue weighted by Crippen LogP contribution is 2.63. The molecule has 2 aliphatic rings. The number of anilines is 1. The van der Waals surface area contributed by atoms with E-state index in [4.69, 9.17) is 18.0 Å². The van der Waals surface area contributed by atoms with Crippen LogP contribution in [0.3, 0.4) is 0 Å². The van der Waals surface area contributed by atoms with Crippen LogP contribution >= 0.6 is 12.2 Å². The molecule has 1 heterocycles. The summed E-state index contributed by atoms with van der Waals surface area (Å²) in [6.07, 6.45) is 4.00. The van der Waals surface area contributed by atoms with E-state index in [2.05, 4.69) is 31.1 Å². The normalized spacial score (nSPS) is 33.1. The minimum atomic E-state index is 0.307. The molecule has 3 rings (SSSR count). The van der Waals surface area contributed by atoms with Gasteiger partial charge in [0, 0.05) is 17.3 Å². The molecule has 1 aromatic rings. The summed E-state index contributed by atoms with van der Waals surface area (Å²) in [5.74, 6) is 1.73. The van der Waals surface area contributed by atoms with Crippen LogP contribution in [-0.4, -0.2) is 16.0 Å². The van der Waals surface area contributed by atoms with Crippen molar-refractivity contribution in [1.82, 2.24) is 4.98 Å². The number of pyridine rings is 1. The van der Waals surface area contributed by atoms with Gasteiger partial charge < -0.3 is 11.1 Å². The van der Waals surface area contributed by atoms with Crippen LogP contribution in [0.1, 0.15) is 51.3 Å². The van der Waals surface area contributed by atoms with E-state index in [0.29, 0.717) is 21.9 Å². The molecule has 2 bridgehead atoms. The van der Waals surface area contributed by atoms with Crippen molar-refractivity contribution >= 4 is 23.0 Å². The second-order valence-electron chi connectivity index (χ2n) is 7.74. The number of thiocarbonyl (C=S) groups is 1. The predicted octanol–water partition coefficient (Wildman–Crippen LogP) is 3.65. The Kier molecular flexibility index (Phi) is 3.28. The largest absolute Gasteiger partial charge is 0.389 e. The summed E-state index contributed by atoms with van der Waals surface area (Å²) in [6.45, 7) is 9.19. The monoisotopic (exact) mass is 303 g/mol. The molecule has 0 radical (unpaired) electrons. The lowest BCUT2D eigenvalue weighted by molar-refractivity contribution is 0.155. The first-order valence-corrected chi connectivity index (χ1v) is 8.18. The van der Waals surface area contributed by atoms with Crippen LogP contribution in [-0.2, 0) is 0 Å². The molecule has 0 saturated heterocycles. The van der Waals surface area contributed by atoms with Crippen LogP contribution < -0.4 is 11.1 Å². The van der Waals surface area contributed by atoms with Gasteiger partial charge in [0.15, 0.2) is 0 Å². The third-order valence-corrected chi connectivity index (χ3v) is 6.04. The van der Waals surface area contributed by atoms with Gasteiger partial charge in [-0.3, -0.25) is 0 Å². The molecule has 114 valence electrons. The maximum absolute atomic E-state index is 5.78. The van der Waals surface area contributed by atoms with E-state index in [1.54, 1.807) is 0 Å². The average molecular weight is 303 g/mol. The first-order valence-electron chi connectivity index (χ1n) is 7.77. The summed E-state index contributed by atoms with van der Waals surface area (Å²) in [7, 11) is 0. The molecule has 3 nitrogen and oxygen atoms in total. The first-order chi connectivity index (χ1) is 9.72. The van der Waals surface area contributed by atoms with E-state index in [1.165, 1.54) is 19.3 Å². The molecular weight excluding hydrogens is 278 g/mol. The average Bonchev–Trinajstić information content (AvgIpc) is 2.85. The van der Waals surface area contributed by atoms with Gasteiger partial charge in [-0.2, -0.15) is 0 Å². The molecule has 0 aliphatic heterocycles. The fourth-order valence-corrected chi connectivity index (χ4v) is 4.81. The van der Waals surface area contributed by atoms with Gasteiger partial charge in [-0.05, 0) is 55.1 Å². The van der Waals surface area contributed by atoms with Gasteiger partial charge in [-0.1, -0.05) is 33.0 Å². The lowest BCUT2D eigenvalue weighted by atomic mass is 9.68. The van der Waals surface area contributed by atoms with Crippen LogP contribution in [0.25, 0.3) is 0 Å². The van der Waals surface area contributed by atoms with Crippen molar-refractivity contribution in [1.29, 1.82) is 0 Å². The minimum absolute atomic E-state index is 0.307. The molecule has 4 heteroatoms. The van der Waals surface area contributed by atoms with Crippen molar-refractivity contribution in [2.24, 2.45) is 22.5 Å².